The Kier molecular flexibility index (Phi) is 3.78. The second-order valence-corrected chi connectivity index (χ2v) is 3.72. The second-order valence-electron chi connectivity index (χ2n) is 3.72. The number of aliphatic hydroxyl groups is 1. The van der Waals surface area contributed by atoms with Gasteiger partial charge in [0, 0.05) is 0 Å². The molecule has 6 heteroatoms. The minimum Gasteiger partial charge on any atom is -0.493 e. The Morgan fingerprint density at radius 1 is 1.22 bits per heavy atom. The number of ether oxygens (including phenoxy) is 2. The van der Waals surface area contributed by atoms with E-state index in [-0.39, 0.29) is 6.61 Å². The van der Waals surface area contributed by atoms with Gasteiger partial charge in [-0.05, 0) is 17.7 Å². The maximum absolute atomic E-state index is 9.10. The molecule has 0 fully saturated rings. The van der Waals surface area contributed by atoms with Gasteiger partial charge < -0.3 is 19.1 Å². The molecule has 1 aromatic carbocycles. The summed E-state index contributed by atoms with van der Waals surface area (Å²) in [6.45, 7) is 0.441. The van der Waals surface area contributed by atoms with E-state index >= 15 is 0 Å². The summed E-state index contributed by atoms with van der Waals surface area (Å²) in [5, 5.41) is 16.7. The van der Waals surface area contributed by atoms with Gasteiger partial charge in [0.2, 0.25) is 0 Å². The first-order valence-corrected chi connectivity index (χ1v) is 5.47. The number of aliphatic hydroxyl groups excluding tert-OH is 1. The quantitative estimate of drug-likeness (QED) is 0.850. The molecule has 2 aromatic rings. The van der Waals surface area contributed by atoms with E-state index in [0.29, 0.717) is 23.9 Å². The van der Waals surface area contributed by atoms with Crippen LogP contribution in [0.3, 0.4) is 0 Å². The van der Waals surface area contributed by atoms with E-state index in [1.54, 1.807) is 25.1 Å². The van der Waals surface area contributed by atoms with E-state index in [1.165, 1.54) is 0 Å². The van der Waals surface area contributed by atoms with Crippen LogP contribution >= 0.6 is 0 Å². The molecule has 0 saturated carbocycles. The van der Waals surface area contributed by atoms with Crippen molar-refractivity contribution in [3.05, 3.63) is 35.9 Å². The highest BCUT2D eigenvalue weighted by Crippen LogP contribution is 2.27. The molecule has 2 rings (SSSR count). The van der Waals surface area contributed by atoms with Crippen molar-refractivity contribution in [2.24, 2.45) is 0 Å². The predicted molar refractivity (Wildman–Crippen MR) is 64.6 cm³/mol. The minimum absolute atomic E-state index is 0.132. The SMILES string of the molecule is COc1ccc(Cn2cnnc2CO)cc1OC. The van der Waals surface area contributed by atoms with Crippen LogP contribution in [0.5, 0.6) is 11.5 Å². The first kappa shape index (κ1) is 12.4. The smallest absolute Gasteiger partial charge is 0.161 e. The topological polar surface area (TPSA) is 69.4 Å². The fraction of sp³-hybridized carbons (Fsp3) is 0.333. The molecule has 0 bridgehead atoms. The summed E-state index contributed by atoms with van der Waals surface area (Å²) >= 11 is 0. The zero-order valence-electron chi connectivity index (χ0n) is 10.3. The van der Waals surface area contributed by atoms with Crippen LogP contribution in [0.4, 0.5) is 0 Å². The van der Waals surface area contributed by atoms with E-state index < -0.39 is 0 Å². The molecule has 0 unspecified atom stereocenters. The van der Waals surface area contributed by atoms with Gasteiger partial charge in [-0.2, -0.15) is 0 Å². The van der Waals surface area contributed by atoms with Crippen molar-refractivity contribution in [2.75, 3.05) is 14.2 Å². The summed E-state index contributed by atoms with van der Waals surface area (Å²) in [6, 6.07) is 5.67. The van der Waals surface area contributed by atoms with E-state index in [1.807, 2.05) is 18.2 Å². The van der Waals surface area contributed by atoms with Gasteiger partial charge in [-0.1, -0.05) is 6.07 Å². The number of hydrogen-bond acceptors (Lipinski definition) is 5. The van der Waals surface area contributed by atoms with E-state index in [0.717, 1.165) is 5.56 Å². The molecular formula is C12H15N3O3. The first-order chi connectivity index (χ1) is 8.78. The summed E-state index contributed by atoms with van der Waals surface area (Å²) in [5.74, 6) is 1.89. The van der Waals surface area contributed by atoms with Crippen LogP contribution < -0.4 is 9.47 Å². The van der Waals surface area contributed by atoms with Gasteiger partial charge in [0.05, 0.1) is 20.8 Å². The first-order valence-electron chi connectivity index (χ1n) is 5.47. The molecule has 1 heterocycles. The van der Waals surface area contributed by atoms with Crippen LogP contribution in [0.1, 0.15) is 11.4 Å². The van der Waals surface area contributed by atoms with Crippen LogP contribution in [-0.2, 0) is 13.2 Å². The normalized spacial score (nSPS) is 10.4. The number of aromatic nitrogens is 3. The van der Waals surface area contributed by atoms with Crippen molar-refractivity contribution < 1.29 is 14.6 Å². The zero-order valence-corrected chi connectivity index (χ0v) is 10.3. The van der Waals surface area contributed by atoms with Crippen LogP contribution in [0.25, 0.3) is 0 Å². The van der Waals surface area contributed by atoms with E-state index in [4.69, 9.17) is 14.6 Å². The highest BCUT2D eigenvalue weighted by molar-refractivity contribution is 5.42. The van der Waals surface area contributed by atoms with Gasteiger partial charge in [-0.25, -0.2) is 0 Å². The third-order valence-corrected chi connectivity index (χ3v) is 2.64. The fourth-order valence-electron chi connectivity index (χ4n) is 1.71. The van der Waals surface area contributed by atoms with E-state index in [9.17, 15) is 0 Å². The molecule has 0 atom stereocenters. The average molecular weight is 249 g/mol. The molecule has 0 radical (unpaired) electrons. The lowest BCUT2D eigenvalue weighted by molar-refractivity contribution is 0.265. The molecule has 0 aliphatic rings. The summed E-state index contributed by atoms with van der Waals surface area (Å²) in [6.07, 6.45) is 1.59. The highest BCUT2D eigenvalue weighted by Gasteiger charge is 2.07. The summed E-state index contributed by atoms with van der Waals surface area (Å²) in [4.78, 5) is 0. The summed E-state index contributed by atoms with van der Waals surface area (Å²) in [7, 11) is 3.20. The van der Waals surface area contributed by atoms with Crippen molar-refractivity contribution in [1.82, 2.24) is 14.8 Å². The average Bonchev–Trinajstić information content (AvgIpc) is 2.85. The van der Waals surface area contributed by atoms with Crippen molar-refractivity contribution in [3.63, 3.8) is 0 Å². The minimum atomic E-state index is -0.132. The molecule has 0 aliphatic heterocycles. The van der Waals surface area contributed by atoms with Crippen molar-refractivity contribution in [3.8, 4) is 11.5 Å². The number of methoxy groups -OCH3 is 2. The Morgan fingerprint density at radius 2 is 2.00 bits per heavy atom. The van der Waals surface area contributed by atoms with Crippen molar-refractivity contribution in [1.29, 1.82) is 0 Å². The number of benzene rings is 1. The summed E-state index contributed by atoms with van der Waals surface area (Å²) in [5.41, 5.74) is 1.02. The molecule has 0 saturated heterocycles. The summed E-state index contributed by atoms with van der Waals surface area (Å²) < 4.78 is 12.2. The maximum atomic E-state index is 9.10. The maximum Gasteiger partial charge on any atom is 0.161 e. The lowest BCUT2D eigenvalue weighted by Gasteiger charge is -2.10. The third kappa shape index (κ3) is 2.43. The molecule has 0 spiro atoms. The Balaban J connectivity index is 2.24. The fourth-order valence-corrected chi connectivity index (χ4v) is 1.71. The molecule has 0 amide bonds. The lowest BCUT2D eigenvalue weighted by atomic mass is 10.2. The Labute approximate surface area is 105 Å². The van der Waals surface area contributed by atoms with Gasteiger partial charge in [-0.3, -0.25) is 0 Å². The number of nitrogens with zero attached hydrogens (tertiary/aromatic N) is 3. The van der Waals surface area contributed by atoms with Gasteiger partial charge >= 0.3 is 0 Å². The zero-order chi connectivity index (χ0) is 13.0. The van der Waals surface area contributed by atoms with Crippen LogP contribution in [0.2, 0.25) is 0 Å². The lowest BCUT2D eigenvalue weighted by Crippen LogP contribution is -2.04. The Hall–Kier alpha value is -2.08. The van der Waals surface area contributed by atoms with Crippen molar-refractivity contribution >= 4 is 0 Å². The molecular weight excluding hydrogens is 234 g/mol. The monoisotopic (exact) mass is 249 g/mol. The van der Waals surface area contributed by atoms with Crippen LogP contribution in [-0.4, -0.2) is 34.1 Å². The van der Waals surface area contributed by atoms with Crippen LogP contribution in [0.15, 0.2) is 24.5 Å². The third-order valence-electron chi connectivity index (χ3n) is 2.64. The van der Waals surface area contributed by atoms with Gasteiger partial charge in [0.1, 0.15) is 12.9 Å². The molecule has 6 nitrogen and oxygen atoms in total. The van der Waals surface area contributed by atoms with Gasteiger partial charge in [0.25, 0.3) is 0 Å². The molecule has 1 N–H and O–H groups in total. The Bertz CT molecular complexity index is 525. The van der Waals surface area contributed by atoms with Crippen LogP contribution in [0, 0.1) is 0 Å². The Morgan fingerprint density at radius 3 is 2.67 bits per heavy atom. The molecule has 18 heavy (non-hydrogen) atoms. The molecule has 1 aromatic heterocycles. The predicted octanol–water partition coefficient (Wildman–Crippen LogP) is 0.836. The standard InChI is InChI=1S/C12H15N3O3/c1-17-10-4-3-9(5-11(10)18-2)6-15-8-13-14-12(15)7-16/h3-5,8,16H,6-7H2,1-2H3. The number of rotatable bonds is 5. The molecule has 96 valence electrons. The second kappa shape index (κ2) is 5.50. The number of hydrogen-bond donors (Lipinski definition) is 1. The highest BCUT2D eigenvalue weighted by atomic mass is 16.5. The van der Waals surface area contributed by atoms with Gasteiger partial charge in [0.15, 0.2) is 17.3 Å². The van der Waals surface area contributed by atoms with E-state index in [2.05, 4.69) is 10.2 Å². The van der Waals surface area contributed by atoms with Gasteiger partial charge in [-0.15, -0.1) is 10.2 Å². The van der Waals surface area contributed by atoms with Crippen molar-refractivity contribution in [2.45, 2.75) is 13.2 Å². The largest absolute Gasteiger partial charge is 0.493 e. The molecule has 0 aliphatic carbocycles.